The van der Waals surface area contributed by atoms with E-state index in [1.807, 2.05) is 0 Å². The maximum Gasteiger partial charge on any atom is 0.245 e. The first-order valence-corrected chi connectivity index (χ1v) is 6.53. The van der Waals surface area contributed by atoms with Crippen molar-refractivity contribution < 1.29 is 14.2 Å². The number of hydrogen-bond donors (Lipinski definition) is 2. The van der Waals surface area contributed by atoms with E-state index < -0.39 is 11.9 Å². The van der Waals surface area contributed by atoms with Gasteiger partial charge < -0.3 is 15.2 Å². The molecule has 0 aliphatic heterocycles. The van der Waals surface area contributed by atoms with Crippen molar-refractivity contribution in [1.29, 1.82) is 0 Å². The molecule has 2 N–H and O–H groups in total. The highest BCUT2D eigenvalue weighted by Gasteiger charge is 2.08. The fraction of sp³-hybridized carbons (Fsp3) is 0.273. The Hall–Kier alpha value is -1.44. The van der Waals surface area contributed by atoms with Gasteiger partial charge in [0.05, 0.1) is 17.4 Å². The maximum atomic E-state index is 13.4. The van der Waals surface area contributed by atoms with Crippen LogP contribution in [0.3, 0.4) is 0 Å². The average molecular weight is 304 g/mol. The third-order valence-electron chi connectivity index (χ3n) is 2.22. The molecule has 0 spiro atoms. The third kappa shape index (κ3) is 4.30. The van der Waals surface area contributed by atoms with E-state index in [2.05, 4.69) is 14.1 Å². The van der Waals surface area contributed by atoms with E-state index in [1.165, 1.54) is 24.4 Å². The number of aromatic nitrogens is 2. The van der Waals surface area contributed by atoms with Crippen LogP contribution in [0.25, 0.3) is 0 Å². The fourth-order valence-electron chi connectivity index (χ4n) is 1.32. The lowest BCUT2D eigenvalue weighted by Gasteiger charge is -2.13. The van der Waals surface area contributed by atoms with E-state index in [0.29, 0.717) is 10.9 Å². The number of ether oxygens (including phenoxy) is 1. The van der Waals surface area contributed by atoms with Crippen LogP contribution in [-0.4, -0.2) is 33.1 Å². The Morgan fingerprint density at radius 1 is 1.53 bits per heavy atom. The second-order valence-corrected chi connectivity index (χ2v) is 4.71. The van der Waals surface area contributed by atoms with Crippen LogP contribution in [0.1, 0.15) is 0 Å². The second kappa shape index (κ2) is 6.65. The molecule has 8 heteroatoms. The zero-order valence-electron chi connectivity index (χ0n) is 9.72. The zero-order chi connectivity index (χ0) is 13.7. The Bertz CT molecular complexity index is 527. The van der Waals surface area contributed by atoms with Crippen LogP contribution in [0.4, 0.5) is 10.1 Å². The fourth-order valence-corrected chi connectivity index (χ4v) is 1.86. The van der Waals surface area contributed by atoms with Gasteiger partial charge in [0.15, 0.2) is 0 Å². The van der Waals surface area contributed by atoms with Gasteiger partial charge in [-0.05, 0) is 18.2 Å². The van der Waals surface area contributed by atoms with E-state index in [-0.39, 0.29) is 18.8 Å². The highest BCUT2D eigenvalue weighted by Crippen LogP contribution is 2.19. The minimum atomic E-state index is -0.805. The molecule has 1 aromatic carbocycles. The number of hydrogen-bond acceptors (Lipinski definition) is 6. The Labute approximate surface area is 118 Å². The predicted octanol–water partition coefficient (Wildman–Crippen LogP) is 2.18. The smallest absolute Gasteiger partial charge is 0.245 e. The van der Waals surface area contributed by atoms with Crippen LogP contribution in [0, 0.1) is 5.82 Å². The molecular weight excluding hydrogens is 293 g/mol. The summed E-state index contributed by atoms with van der Waals surface area (Å²) in [4.78, 5) is 0. The Kier molecular flexibility index (Phi) is 4.89. The van der Waals surface area contributed by atoms with E-state index in [9.17, 15) is 9.50 Å². The number of nitrogens with zero attached hydrogens (tertiary/aromatic N) is 2. The van der Waals surface area contributed by atoms with E-state index in [4.69, 9.17) is 16.3 Å². The molecule has 0 aliphatic carbocycles. The van der Waals surface area contributed by atoms with Gasteiger partial charge in [0.2, 0.25) is 5.88 Å². The Morgan fingerprint density at radius 2 is 2.37 bits per heavy atom. The minimum absolute atomic E-state index is 0.0423. The Balaban J connectivity index is 1.79. The van der Waals surface area contributed by atoms with Crippen molar-refractivity contribution in [2.24, 2.45) is 0 Å². The molecule has 0 bridgehead atoms. The third-order valence-corrected chi connectivity index (χ3v) is 2.92. The normalized spacial score (nSPS) is 12.2. The molecule has 1 atom stereocenters. The van der Waals surface area contributed by atoms with E-state index in [0.717, 1.165) is 11.7 Å². The molecule has 19 heavy (non-hydrogen) atoms. The summed E-state index contributed by atoms with van der Waals surface area (Å²) in [6.07, 6.45) is 0.654. The van der Waals surface area contributed by atoms with Crippen molar-refractivity contribution in [2.75, 3.05) is 18.5 Å². The maximum absolute atomic E-state index is 13.4. The number of aliphatic hydroxyl groups is 1. The SMILES string of the molecule is OC(CNc1cc(Cl)ccc1F)COc1cnsn1. The molecule has 5 nitrogen and oxygen atoms in total. The first-order chi connectivity index (χ1) is 9.15. The number of halogens is 2. The van der Waals surface area contributed by atoms with Crippen LogP contribution in [0.15, 0.2) is 24.4 Å². The first-order valence-electron chi connectivity index (χ1n) is 5.42. The summed E-state index contributed by atoms with van der Waals surface area (Å²) in [7, 11) is 0. The molecule has 2 rings (SSSR count). The standard InChI is InChI=1S/C11H11ClFN3O2S/c12-7-1-2-9(13)10(3-7)14-4-8(17)6-18-11-5-15-19-16-11/h1-3,5,8,14,17H,4,6H2. The quantitative estimate of drug-likeness (QED) is 0.856. The van der Waals surface area contributed by atoms with Crippen molar-refractivity contribution in [3.8, 4) is 5.88 Å². The van der Waals surface area contributed by atoms with Gasteiger partial charge in [0.1, 0.15) is 24.7 Å². The van der Waals surface area contributed by atoms with Crippen LogP contribution in [-0.2, 0) is 0 Å². The summed E-state index contributed by atoms with van der Waals surface area (Å²) in [5.41, 5.74) is 0.238. The lowest BCUT2D eigenvalue weighted by molar-refractivity contribution is 0.115. The molecule has 102 valence electrons. The second-order valence-electron chi connectivity index (χ2n) is 3.72. The molecule has 1 aromatic heterocycles. The number of benzene rings is 1. The lowest BCUT2D eigenvalue weighted by Crippen LogP contribution is -2.26. The summed E-state index contributed by atoms with van der Waals surface area (Å²) in [5.74, 6) is -0.0702. The first kappa shape index (κ1) is 14.0. The average Bonchev–Trinajstić information content (AvgIpc) is 2.90. The summed E-state index contributed by atoms with van der Waals surface area (Å²) in [6.45, 7) is 0.176. The summed E-state index contributed by atoms with van der Waals surface area (Å²) in [6, 6.07) is 4.17. The van der Waals surface area contributed by atoms with E-state index >= 15 is 0 Å². The van der Waals surface area contributed by atoms with Crippen molar-refractivity contribution in [3.05, 3.63) is 35.2 Å². The van der Waals surface area contributed by atoms with Gasteiger partial charge in [0.25, 0.3) is 0 Å². The van der Waals surface area contributed by atoms with Crippen molar-refractivity contribution in [3.63, 3.8) is 0 Å². The summed E-state index contributed by atoms with van der Waals surface area (Å²) < 4.78 is 26.1. The Morgan fingerprint density at radius 3 is 3.11 bits per heavy atom. The number of anilines is 1. The molecule has 0 fully saturated rings. The lowest BCUT2D eigenvalue weighted by atomic mass is 10.3. The minimum Gasteiger partial charge on any atom is -0.473 e. The summed E-state index contributed by atoms with van der Waals surface area (Å²) in [5, 5.41) is 12.9. The number of aliphatic hydroxyl groups excluding tert-OH is 1. The largest absolute Gasteiger partial charge is 0.473 e. The van der Waals surface area contributed by atoms with Crippen molar-refractivity contribution in [2.45, 2.75) is 6.10 Å². The van der Waals surface area contributed by atoms with Gasteiger partial charge in [-0.25, -0.2) is 4.39 Å². The molecule has 0 saturated carbocycles. The zero-order valence-corrected chi connectivity index (χ0v) is 11.3. The van der Waals surface area contributed by atoms with Gasteiger partial charge in [-0.2, -0.15) is 4.37 Å². The summed E-state index contributed by atoms with van der Waals surface area (Å²) >= 11 is 6.77. The van der Waals surface area contributed by atoms with Crippen molar-refractivity contribution >= 4 is 29.0 Å². The predicted molar refractivity (Wildman–Crippen MR) is 71.3 cm³/mol. The van der Waals surface area contributed by atoms with Crippen molar-refractivity contribution in [1.82, 2.24) is 8.75 Å². The van der Waals surface area contributed by atoms with Gasteiger partial charge in [-0.1, -0.05) is 11.6 Å². The number of nitrogens with one attached hydrogen (secondary N) is 1. The molecule has 0 aliphatic rings. The van der Waals surface area contributed by atoms with Gasteiger partial charge in [0, 0.05) is 11.6 Å². The van der Waals surface area contributed by atoms with Crippen LogP contribution in [0.5, 0.6) is 5.88 Å². The van der Waals surface area contributed by atoms with Gasteiger partial charge in [-0.3, -0.25) is 0 Å². The molecule has 0 radical (unpaired) electrons. The van der Waals surface area contributed by atoms with Crippen LogP contribution >= 0.6 is 23.3 Å². The molecule has 1 heterocycles. The molecular formula is C11H11ClFN3O2S. The molecule has 0 amide bonds. The van der Waals surface area contributed by atoms with Crippen LogP contribution in [0.2, 0.25) is 5.02 Å². The molecule has 0 saturated heterocycles. The number of rotatable bonds is 6. The van der Waals surface area contributed by atoms with Gasteiger partial charge in [-0.15, -0.1) is 4.37 Å². The highest BCUT2D eigenvalue weighted by atomic mass is 35.5. The van der Waals surface area contributed by atoms with Crippen LogP contribution < -0.4 is 10.1 Å². The topological polar surface area (TPSA) is 67.3 Å². The van der Waals surface area contributed by atoms with Gasteiger partial charge >= 0.3 is 0 Å². The molecule has 2 aromatic rings. The molecule has 1 unspecified atom stereocenters. The highest BCUT2D eigenvalue weighted by molar-refractivity contribution is 6.99. The van der Waals surface area contributed by atoms with E-state index in [1.54, 1.807) is 0 Å². The monoisotopic (exact) mass is 303 g/mol.